The highest BCUT2D eigenvalue weighted by Crippen LogP contribution is 2.39. The van der Waals surface area contributed by atoms with Gasteiger partial charge in [-0.25, -0.2) is 0 Å². The van der Waals surface area contributed by atoms with Crippen molar-refractivity contribution >= 4 is 22.6 Å². The Morgan fingerprint density at radius 2 is 2.00 bits per heavy atom. The molecular formula is C13H16INO. The molecule has 3 rings (SSSR count). The highest BCUT2D eigenvalue weighted by Gasteiger charge is 2.37. The maximum Gasteiger partial charge on any atom is 0.124 e. The molecule has 0 saturated carbocycles. The van der Waals surface area contributed by atoms with E-state index in [0.29, 0.717) is 0 Å². The number of fused-ring (bicyclic) bond motifs is 1. The normalized spacial score (nSPS) is 22.6. The van der Waals surface area contributed by atoms with E-state index in [1.54, 1.807) is 0 Å². The summed E-state index contributed by atoms with van der Waals surface area (Å²) in [5, 5.41) is 3.41. The molecule has 0 aliphatic carbocycles. The second kappa shape index (κ2) is 4.18. The molecule has 0 atom stereocenters. The molecule has 1 spiro atoms. The van der Waals surface area contributed by atoms with Crippen LogP contribution in [0.5, 0.6) is 5.75 Å². The summed E-state index contributed by atoms with van der Waals surface area (Å²) in [6, 6.07) is 6.39. The summed E-state index contributed by atoms with van der Waals surface area (Å²) < 4.78 is 7.64. The zero-order valence-corrected chi connectivity index (χ0v) is 11.4. The number of halogens is 1. The Balaban J connectivity index is 1.91. The van der Waals surface area contributed by atoms with Crippen LogP contribution < -0.4 is 10.1 Å². The molecule has 86 valence electrons. The van der Waals surface area contributed by atoms with E-state index in [2.05, 4.69) is 46.1 Å². The molecule has 1 fully saturated rings. The van der Waals surface area contributed by atoms with Crippen LogP contribution in [0, 0.1) is 3.57 Å². The summed E-state index contributed by atoms with van der Waals surface area (Å²) >= 11 is 2.41. The molecule has 16 heavy (non-hydrogen) atoms. The van der Waals surface area contributed by atoms with Crippen LogP contribution in [-0.2, 0) is 6.42 Å². The predicted octanol–water partition coefficient (Wildman–Crippen LogP) is 2.74. The van der Waals surface area contributed by atoms with Gasteiger partial charge in [-0.1, -0.05) is 6.07 Å². The maximum absolute atomic E-state index is 6.30. The van der Waals surface area contributed by atoms with E-state index in [4.69, 9.17) is 4.74 Å². The van der Waals surface area contributed by atoms with Gasteiger partial charge in [0.05, 0.1) is 0 Å². The van der Waals surface area contributed by atoms with Crippen LogP contribution in [0.2, 0.25) is 0 Å². The second-order valence-corrected chi connectivity index (χ2v) is 5.91. The highest BCUT2D eigenvalue weighted by molar-refractivity contribution is 14.1. The molecular weight excluding hydrogens is 313 g/mol. The van der Waals surface area contributed by atoms with E-state index >= 15 is 0 Å². The summed E-state index contributed by atoms with van der Waals surface area (Å²) in [5.74, 6) is 1.13. The molecule has 1 N–H and O–H groups in total. The second-order valence-electron chi connectivity index (χ2n) is 4.75. The van der Waals surface area contributed by atoms with Crippen LogP contribution >= 0.6 is 22.6 Å². The molecule has 0 amide bonds. The van der Waals surface area contributed by atoms with E-state index in [1.165, 1.54) is 22.0 Å². The number of nitrogens with one attached hydrogen (secondary N) is 1. The lowest BCUT2D eigenvalue weighted by atomic mass is 9.84. The average molecular weight is 329 g/mol. The number of piperidine rings is 1. The van der Waals surface area contributed by atoms with Crippen LogP contribution in [-0.4, -0.2) is 18.7 Å². The predicted molar refractivity (Wildman–Crippen MR) is 72.9 cm³/mol. The topological polar surface area (TPSA) is 21.3 Å². The molecule has 1 saturated heterocycles. The third kappa shape index (κ3) is 1.84. The lowest BCUT2D eigenvalue weighted by Gasteiger charge is -2.41. The lowest BCUT2D eigenvalue weighted by molar-refractivity contribution is 0.0168. The largest absolute Gasteiger partial charge is 0.487 e. The Labute approximate surface area is 110 Å². The molecule has 2 nitrogen and oxygen atoms in total. The van der Waals surface area contributed by atoms with Crippen LogP contribution in [0.25, 0.3) is 0 Å². The Kier molecular flexibility index (Phi) is 2.83. The first-order valence-corrected chi connectivity index (χ1v) is 7.04. The zero-order valence-electron chi connectivity index (χ0n) is 9.26. The first kappa shape index (κ1) is 10.8. The fourth-order valence-corrected chi connectivity index (χ4v) is 3.49. The van der Waals surface area contributed by atoms with Crippen molar-refractivity contribution in [1.29, 1.82) is 0 Å². The summed E-state index contributed by atoms with van der Waals surface area (Å²) in [6.07, 6.45) is 4.66. The van der Waals surface area contributed by atoms with Gasteiger partial charge in [0.2, 0.25) is 0 Å². The first-order chi connectivity index (χ1) is 7.79. The van der Waals surface area contributed by atoms with E-state index in [9.17, 15) is 0 Å². The number of ether oxygens (including phenoxy) is 1. The number of hydrogen-bond acceptors (Lipinski definition) is 2. The minimum atomic E-state index is 0.128. The molecule has 1 aromatic rings. The van der Waals surface area contributed by atoms with Crippen LogP contribution in [0.15, 0.2) is 18.2 Å². The fourth-order valence-electron chi connectivity index (χ4n) is 2.75. The SMILES string of the molecule is Ic1cccc2c1CCC1(CCNCC1)O2. The molecule has 0 radical (unpaired) electrons. The smallest absolute Gasteiger partial charge is 0.124 e. The van der Waals surface area contributed by atoms with Crippen molar-refractivity contribution in [3.05, 3.63) is 27.3 Å². The molecule has 0 unspecified atom stereocenters. The van der Waals surface area contributed by atoms with Crippen molar-refractivity contribution in [2.45, 2.75) is 31.3 Å². The highest BCUT2D eigenvalue weighted by atomic mass is 127. The van der Waals surface area contributed by atoms with E-state index in [-0.39, 0.29) is 5.60 Å². The van der Waals surface area contributed by atoms with Gasteiger partial charge < -0.3 is 10.1 Å². The Bertz CT molecular complexity index is 399. The van der Waals surface area contributed by atoms with Gasteiger partial charge >= 0.3 is 0 Å². The minimum Gasteiger partial charge on any atom is -0.487 e. The first-order valence-electron chi connectivity index (χ1n) is 5.96. The molecule has 3 heteroatoms. The van der Waals surface area contributed by atoms with Gasteiger partial charge in [-0.05, 0) is 73.5 Å². The summed E-state index contributed by atoms with van der Waals surface area (Å²) in [5.41, 5.74) is 1.54. The third-order valence-corrected chi connectivity index (χ3v) is 4.76. The van der Waals surface area contributed by atoms with Gasteiger partial charge in [0.1, 0.15) is 11.4 Å². The molecule has 0 aromatic heterocycles. The minimum absolute atomic E-state index is 0.128. The van der Waals surface area contributed by atoms with Crippen LogP contribution in [0.3, 0.4) is 0 Å². The van der Waals surface area contributed by atoms with Crippen LogP contribution in [0.1, 0.15) is 24.8 Å². The molecule has 1 aromatic carbocycles. The van der Waals surface area contributed by atoms with Crippen molar-refractivity contribution in [1.82, 2.24) is 5.32 Å². The van der Waals surface area contributed by atoms with E-state index < -0.39 is 0 Å². The molecule has 2 heterocycles. The molecule has 0 bridgehead atoms. The Hall–Kier alpha value is -0.290. The van der Waals surface area contributed by atoms with Gasteiger partial charge in [0, 0.05) is 9.13 Å². The van der Waals surface area contributed by atoms with E-state index in [0.717, 1.165) is 31.7 Å². The Morgan fingerprint density at radius 1 is 1.19 bits per heavy atom. The Morgan fingerprint density at radius 3 is 2.81 bits per heavy atom. The van der Waals surface area contributed by atoms with Gasteiger partial charge in [-0.3, -0.25) is 0 Å². The summed E-state index contributed by atoms with van der Waals surface area (Å²) in [7, 11) is 0. The van der Waals surface area contributed by atoms with Crippen LogP contribution in [0.4, 0.5) is 0 Å². The summed E-state index contributed by atoms with van der Waals surface area (Å²) in [6.45, 7) is 2.19. The van der Waals surface area contributed by atoms with Crippen molar-refractivity contribution in [3.63, 3.8) is 0 Å². The fraction of sp³-hybridized carbons (Fsp3) is 0.538. The molecule has 2 aliphatic heterocycles. The van der Waals surface area contributed by atoms with E-state index in [1.807, 2.05) is 0 Å². The third-order valence-electron chi connectivity index (χ3n) is 3.75. The number of hydrogen-bond donors (Lipinski definition) is 1. The van der Waals surface area contributed by atoms with Crippen molar-refractivity contribution in [3.8, 4) is 5.75 Å². The summed E-state index contributed by atoms with van der Waals surface area (Å²) in [4.78, 5) is 0. The van der Waals surface area contributed by atoms with Gasteiger partial charge in [-0.15, -0.1) is 0 Å². The monoisotopic (exact) mass is 329 g/mol. The van der Waals surface area contributed by atoms with Gasteiger partial charge in [0.25, 0.3) is 0 Å². The number of benzene rings is 1. The molecule has 2 aliphatic rings. The maximum atomic E-state index is 6.30. The standard InChI is InChI=1S/C13H16INO/c14-11-2-1-3-12-10(11)4-5-13(16-12)6-8-15-9-7-13/h1-3,15H,4-9H2. The van der Waals surface area contributed by atoms with Crippen molar-refractivity contribution in [2.24, 2.45) is 0 Å². The average Bonchev–Trinajstić information content (AvgIpc) is 2.30. The van der Waals surface area contributed by atoms with Gasteiger partial charge in [0.15, 0.2) is 0 Å². The lowest BCUT2D eigenvalue weighted by Crippen LogP contribution is -2.48. The zero-order chi connectivity index (χ0) is 11.0. The van der Waals surface area contributed by atoms with Crippen molar-refractivity contribution < 1.29 is 4.74 Å². The number of rotatable bonds is 0. The quantitative estimate of drug-likeness (QED) is 0.739. The van der Waals surface area contributed by atoms with Gasteiger partial charge in [-0.2, -0.15) is 0 Å². The van der Waals surface area contributed by atoms with Crippen molar-refractivity contribution in [2.75, 3.05) is 13.1 Å².